The standard InChI is InChI=1S/C25H21NO10S/c1-37(32,33)21-12-10-18(11-13-21)22(23(24(27)28)19-7-3-2-4-8-19)16-34-25(29)36-20-9-5-6-17(14-20)15-35-26(30)31/h2-14H,15-16H2,1H3,(H,27,28)/p-1/b23-22+. The molecule has 0 aliphatic rings. The molecule has 0 radical (unpaired) electrons. The summed E-state index contributed by atoms with van der Waals surface area (Å²) in [4.78, 5) is 39.2. The SMILES string of the molecule is CS(=O)(=O)c1ccc(/C(COC(=O)Oc2cccc(CO[N+](=O)[O-])c2)=C(/C(=O)[O-])c2ccccc2)cc1. The highest BCUT2D eigenvalue weighted by Crippen LogP contribution is 2.28. The maximum Gasteiger partial charge on any atom is 0.514 e. The topological polar surface area (TPSA) is 162 Å². The second-order valence-corrected chi connectivity index (χ2v) is 9.60. The van der Waals surface area contributed by atoms with Gasteiger partial charge in [-0.25, -0.2) is 13.2 Å². The van der Waals surface area contributed by atoms with Gasteiger partial charge in [0, 0.05) is 17.4 Å². The molecule has 0 fully saturated rings. The summed E-state index contributed by atoms with van der Waals surface area (Å²) >= 11 is 0. The van der Waals surface area contributed by atoms with Crippen molar-refractivity contribution >= 4 is 33.1 Å². The summed E-state index contributed by atoms with van der Waals surface area (Å²) in [6.45, 7) is -0.916. The Labute approximate surface area is 211 Å². The van der Waals surface area contributed by atoms with Crippen molar-refractivity contribution in [2.75, 3.05) is 12.9 Å². The number of aliphatic carboxylic acids is 1. The Bertz CT molecular complexity index is 1430. The molecule has 12 heteroatoms. The lowest BCUT2D eigenvalue weighted by molar-refractivity contribution is -0.763. The van der Waals surface area contributed by atoms with Crippen molar-refractivity contribution in [3.8, 4) is 5.75 Å². The number of carbonyl (C=O) groups is 2. The van der Waals surface area contributed by atoms with Crippen LogP contribution >= 0.6 is 0 Å². The first kappa shape index (κ1) is 26.9. The number of benzene rings is 3. The fourth-order valence-electron chi connectivity index (χ4n) is 3.31. The minimum absolute atomic E-state index is 0.0145. The first-order valence-corrected chi connectivity index (χ1v) is 12.4. The van der Waals surface area contributed by atoms with E-state index in [1.54, 1.807) is 18.2 Å². The summed E-state index contributed by atoms with van der Waals surface area (Å²) in [5.74, 6) is -1.52. The molecule has 0 aliphatic carbocycles. The average Bonchev–Trinajstić information content (AvgIpc) is 2.85. The van der Waals surface area contributed by atoms with Gasteiger partial charge in [-0.15, -0.1) is 10.1 Å². The van der Waals surface area contributed by atoms with Gasteiger partial charge < -0.3 is 24.2 Å². The predicted octanol–water partition coefficient (Wildman–Crippen LogP) is 2.67. The van der Waals surface area contributed by atoms with Crippen LogP contribution in [0.25, 0.3) is 11.1 Å². The number of carboxylic acids is 1. The zero-order valence-corrected chi connectivity index (χ0v) is 20.2. The summed E-state index contributed by atoms with van der Waals surface area (Å²) in [6, 6.07) is 19.1. The van der Waals surface area contributed by atoms with E-state index >= 15 is 0 Å². The highest BCUT2D eigenvalue weighted by Gasteiger charge is 2.17. The van der Waals surface area contributed by atoms with Crippen LogP contribution in [0.3, 0.4) is 0 Å². The smallest absolute Gasteiger partial charge is 0.514 e. The third-order valence-corrected chi connectivity index (χ3v) is 6.10. The molecule has 0 aliphatic heterocycles. The Balaban J connectivity index is 1.89. The van der Waals surface area contributed by atoms with E-state index in [0.29, 0.717) is 5.56 Å². The van der Waals surface area contributed by atoms with Crippen molar-refractivity contribution in [2.45, 2.75) is 11.5 Å². The predicted molar refractivity (Wildman–Crippen MR) is 128 cm³/mol. The Kier molecular flexibility index (Phi) is 8.59. The van der Waals surface area contributed by atoms with E-state index in [1.807, 2.05) is 0 Å². The van der Waals surface area contributed by atoms with Gasteiger partial charge in [0.1, 0.15) is 19.0 Å². The fraction of sp³-hybridized carbons (Fsp3) is 0.120. The fourth-order valence-corrected chi connectivity index (χ4v) is 3.94. The molecule has 0 atom stereocenters. The first-order valence-electron chi connectivity index (χ1n) is 10.6. The maximum absolute atomic E-state index is 12.4. The second-order valence-electron chi connectivity index (χ2n) is 7.59. The van der Waals surface area contributed by atoms with Crippen LogP contribution in [-0.4, -0.2) is 38.5 Å². The molecule has 0 heterocycles. The molecule has 3 aromatic carbocycles. The lowest BCUT2D eigenvalue weighted by Crippen LogP contribution is -2.25. The minimum Gasteiger partial charge on any atom is -0.545 e. The minimum atomic E-state index is -3.50. The van der Waals surface area contributed by atoms with Crippen LogP contribution in [0.4, 0.5) is 4.79 Å². The second kappa shape index (κ2) is 11.8. The lowest BCUT2D eigenvalue weighted by atomic mass is 9.95. The van der Waals surface area contributed by atoms with Crippen molar-refractivity contribution in [1.29, 1.82) is 0 Å². The molecule has 0 saturated heterocycles. The van der Waals surface area contributed by atoms with Gasteiger partial charge in [-0.2, -0.15) is 0 Å². The van der Waals surface area contributed by atoms with E-state index in [-0.39, 0.29) is 39.5 Å². The number of carbonyl (C=O) groups excluding carboxylic acids is 2. The largest absolute Gasteiger partial charge is 0.545 e. The average molecular weight is 526 g/mol. The van der Waals surface area contributed by atoms with Gasteiger partial charge in [-0.05, 0) is 41.0 Å². The molecule has 0 spiro atoms. The number of sulfone groups is 1. The van der Waals surface area contributed by atoms with Crippen molar-refractivity contribution in [3.05, 3.63) is 106 Å². The maximum atomic E-state index is 12.4. The quantitative estimate of drug-likeness (QED) is 0.0958. The molecular weight excluding hydrogens is 506 g/mol. The van der Waals surface area contributed by atoms with E-state index in [1.165, 1.54) is 60.7 Å². The van der Waals surface area contributed by atoms with Gasteiger partial charge in [0.15, 0.2) is 9.84 Å². The molecule has 37 heavy (non-hydrogen) atoms. The van der Waals surface area contributed by atoms with Crippen LogP contribution in [-0.2, 0) is 30.8 Å². The van der Waals surface area contributed by atoms with E-state index < -0.39 is 33.7 Å². The van der Waals surface area contributed by atoms with Gasteiger partial charge >= 0.3 is 6.16 Å². The van der Waals surface area contributed by atoms with E-state index in [2.05, 4.69) is 4.84 Å². The van der Waals surface area contributed by atoms with Crippen LogP contribution in [0.1, 0.15) is 16.7 Å². The Morgan fingerprint density at radius 3 is 2.19 bits per heavy atom. The zero-order valence-electron chi connectivity index (χ0n) is 19.4. The van der Waals surface area contributed by atoms with Crippen molar-refractivity contribution < 1.29 is 42.5 Å². The number of hydrogen-bond acceptors (Lipinski definition) is 10. The number of hydrogen-bond donors (Lipinski definition) is 0. The monoisotopic (exact) mass is 526 g/mol. The molecule has 3 aromatic rings. The molecule has 11 nitrogen and oxygen atoms in total. The van der Waals surface area contributed by atoms with Gasteiger partial charge in [-0.1, -0.05) is 54.6 Å². The van der Waals surface area contributed by atoms with Gasteiger partial charge in [0.25, 0.3) is 5.09 Å². The van der Waals surface area contributed by atoms with Gasteiger partial charge in [0.05, 0.1) is 10.9 Å². The Morgan fingerprint density at radius 2 is 1.59 bits per heavy atom. The van der Waals surface area contributed by atoms with Gasteiger partial charge in [-0.3, -0.25) is 0 Å². The third kappa shape index (κ3) is 7.64. The van der Waals surface area contributed by atoms with E-state index in [9.17, 15) is 33.2 Å². The van der Waals surface area contributed by atoms with Crippen LogP contribution in [0.5, 0.6) is 5.75 Å². The molecule has 0 bridgehead atoms. The van der Waals surface area contributed by atoms with E-state index in [0.717, 1.165) is 6.26 Å². The first-order chi connectivity index (χ1) is 17.5. The molecule has 0 saturated carbocycles. The van der Waals surface area contributed by atoms with Crippen LogP contribution in [0.15, 0.2) is 83.8 Å². The summed E-state index contributed by atoms with van der Waals surface area (Å²) in [5.41, 5.74) is 0.690. The van der Waals surface area contributed by atoms with Gasteiger partial charge in [0.2, 0.25) is 0 Å². The molecule has 3 rings (SSSR count). The summed E-state index contributed by atoms with van der Waals surface area (Å²) in [7, 11) is -3.50. The number of rotatable bonds is 10. The van der Waals surface area contributed by atoms with Crippen LogP contribution < -0.4 is 9.84 Å². The normalized spacial score (nSPS) is 11.7. The number of ether oxygens (including phenoxy) is 2. The Hall–Kier alpha value is -4.71. The van der Waals surface area contributed by atoms with Crippen LogP contribution in [0, 0.1) is 10.1 Å². The molecule has 192 valence electrons. The number of nitrogens with zero attached hydrogens (tertiary/aromatic N) is 1. The summed E-state index contributed by atoms with van der Waals surface area (Å²) in [5, 5.41) is 21.5. The number of carboxylic acid groups (broad SMARTS) is 1. The molecule has 0 amide bonds. The molecule has 0 N–H and O–H groups in total. The third-order valence-electron chi connectivity index (χ3n) is 4.97. The summed E-state index contributed by atoms with van der Waals surface area (Å²) in [6.07, 6.45) is -0.143. The highest BCUT2D eigenvalue weighted by molar-refractivity contribution is 7.90. The van der Waals surface area contributed by atoms with Crippen LogP contribution in [0.2, 0.25) is 0 Å². The Morgan fingerprint density at radius 1 is 0.919 bits per heavy atom. The molecule has 0 unspecified atom stereocenters. The van der Waals surface area contributed by atoms with E-state index in [4.69, 9.17) is 9.47 Å². The van der Waals surface area contributed by atoms with Crippen molar-refractivity contribution in [3.63, 3.8) is 0 Å². The van der Waals surface area contributed by atoms with Crippen molar-refractivity contribution in [2.24, 2.45) is 0 Å². The van der Waals surface area contributed by atoms with Crippen molar-refractivity contribution in [1.82, 2.24) is 0 Å². The highest BCUT2D eigenvalue weighted by atomic mass is 32.2. The molecule has 0 aromatic heterocycles. The summed E-state index contributed by atoms with van der Waals surface area (Å²) < 4.78 is 33.9. The lowest BCUT2D eigenvalue weighted by Gasteiger charge is -2.18. The molecular formula is C25H20NO10S-. The zero-order chi connectivity index (χ0) is 27.0.